The summed E-state index contributed by atoms with van der Waals surface area (Å²) in [4.78, 5) is 21.3. The second kappa shape index (κ2) is 4.77. The van der Waals surface area contributed by atoms with Crippen molar-refractivity contribution in [3.05, 3.63) is 29.8 Å². The van der Waals surface area contributed by atoms with E-state index in [1.54, 1.807) is 12.1 Å². The Balaban J connectivity index is 2.77. The molecule has 1 aromatic carbocycles. The lowest BCUT2D eigenvalue weighted by Gasteiger charge is -2.04. The zero-order chi connectivity index (χ0) is 11.3. The van der Waals surface area contributed by atoms with Crippen molar-refractivity contribution in [3.8, 4) is 6.07 Å². The van der Waals surface area contributed by atoms with Gasteiger partial charge in [-0.25, -0.2) is 0 Å². The second-order valence-corrected chi connectivity index (χ2v) is 2.78. The van der Waals surface area contributed by atoms with Crippen molar-refractivity contribution in [1.82, 2.24) is 0 Å². The predicted molar refractivity (Wildman–Crippen MR) is 52.0 cm³/mol. The summed E-state index contributed by atoms with van der Waals surface area (Å²) in [5.74, 6) is -1.85. The van der Waals surface area contributed by atoms with Gasteiger partial charge in [-0.15, -0.1) is 0 Å². The molecule has 2 N–H and O–H groups in total. The lowest BCUT2D eigenvalue weighted by molar-refractivity contribution is -0.139. The van der Waals surface area contributed by atoms with E-state index in [0.717, 1.165) is 0 Å². The number of carbonyl (C=O) groups excluding carboxylic acids is 1. The average molecular weight is 204 g/mol. The summed E-state index contributed by atoms with van der Waals surface area (Å²) in [7, 11) is 0. The molecule has 15 heavy (non-hydrogen) atoms. The van der Waals surface area contributed by atoms with Gasteiger partial charge in [0.25, 0.3) is 0 Å². The van der Waals surface area contributed by atoms with Crippen molar-refractivity contribution < 1.29 is 14.7 Å². The minimum Gasteiger partial charge on any atom is -0.481 e. The fourth-order valence-electron chi connectivity index (χ4n) is 1.02. The van der Waals surface area contributed by atoms with Crippen molar-refractivity contribution in [2.24, 2.45) is 0 Å². The largest absolute Gasteiger partial charge is 0.481 e. The number of hydrogen-bond donors (Lipinski definition) is 2. The molecule has 1 aromatic rings. The summed E-state index contributed by atoms with van der Waals surface area (Å²) in [6.45, 7) is 0. The Hall–Kier alpha value is -2.35. The molecule has 0 atom stereocenters. The second-order valence-electron chi connectivity index (χ2n) is 2.78. The van der Waals surface area contributed by atoms with Crippen LogP contribution in [0.4, 0.5) is 5.69 Å². The molecule has 0 bridgehead atoms. The maximum Gasteiger partial charge on any atom is 0.312 e. The molecule has 0 aliphatic carbocycles. The van der Waals surface area contributed by atoms with Crippen LogP contribution in [0.15, 0.2) is 24.3 Å². The van der Waals surface area contributed by atoms with E-state index >= 15 is 0 Å². The van der Waals surface area contributed by atoms with Gasteiger partial charge in [0, 0.05) is 0 Å². The Morgan fingerprint density at radius 2 is 2.07 bits per heavy atom. The van der Waals surface area contributed by atoms with Gasteiger partial charge in [0.1, 0.15) is 12.5 Å². The molecule has 0 unspecified atom stereocenters. The van der Waals surface area contributed by atoms with Crippen LogP contribution >= 0.6 is 0 Å². The van der Waals surface area contributed by atoms with Crippen molar-refractivity contribution in [3.63, 3.8) is 0 Å². The van der Waals surface area contributed by atoms with E-state index < -0.39 is 18.3 Å². The molecule has 0 aliphatic rings. The third-order valence-corrected chi connectivity index (χ3v) is 1.63. The van der Waals surface area contributed by atoms with Gasteiger partial charge < -0.3 is 10.4 Å². The number of hydrogen-bond acceptors (Lipinski definition) is 3. The number of nitrogens with zero attached hydrogens (tertiary/aromatic N) is 1. The van der Waals surface area contributed by atoms with Gasteiger partial charge >= 0.3 is 5.97 Å². The van der Waals surface area contributed by atoms with Crippen LogP contribution in [-0.2, 0) is 9.59 Å². The SMILES string of the molecule is N#Cc1ccccc1NC(=O)CC(=O)O. The normalized spacial score (nSPS) is 9.00. The molecule has 0 saturated carbocycles. The van der Waals surface area contributed by atoms with Gasteiger partial charge in [0.15, 0.2) is 0 Å². The van der Waals surface area contributed by atoms with Crippen LogP contribution in [0.5, 0.6) is 0 Å². The molecule has 0 aromatic heterocycles. The van der Waals surface area contributed by atoms with E-state index in [9.17, 15) is 9.59 Å². The third kappa shape index (κ3) is 3.12. The fourth-order valence-corrected chi connectivity index (χ4v) is 1.02. The Morgan fingerprint density at radius 3 is 2.67 bits per heavy atom. The van der Waals surface area contributed by atoms with Crippen LogP contribution in [-0.4, -0.2) is 17.0 Å². The summed E-state index contributed by atoms with van der Waals surface area (Å²) < 4.78 is 0. The first-order valence-corrected chi connectivity index (χ1v) is 4.14. The minimum absolute atomic E-state index is 0.302. The molecule has 5 heteroatoms. The highest BCUT2D eigenvalue weighted by Gasteiger charge is 2.09. The zero-order valence-corrected chi connectivity index (χ0v) is 7.73. The number of aliphatic carboxylic acids is 1. The molecule has 5 nitrogen and oxygen atoms in total. The number of nitriles is 1. The lowest BCUT2D eigenvalue weighted by Crippen LogP contribution is -2.16. The van der Waals surface area contributed by atoms with E-state index in [1.165, 1.54) is 12.1 Å². The first-order valence-electron chi connectivity index (χ1n) is 4.14. The Labute approximate surface area is 86.0 Å². The summed E-state index contributed by atoms with van der Waals surface area (Å²) in [6.07, 6.45) is -0.611. The van der Waals surface area contributed by atoms with E-state index in [1.807, 2.05) is 6.07 Å². The monoisotopic (exact) mass is 204 g/mol. The topological polar surface area (TPSA) is 90.2 Å². The molecular weight excluding hydrogens is 196 g/mol. The van der Waals surface area contributed by atoms with Crippen molar-refractivity contribution in [2.45, 2.75) is 6.42 Å². The molecule has 0 heterocycles. The van der Waals surface area contributed by atoms with E-state index in [2.05, 4.69) is 5.32 Å². The van der Waals surface area contributed by atoms with Gasteiger partial charge in [-0.05, 0) is 12.1 Å². The quantitative estimate of drug-likeness (QED) is 0.718. The first-order chi connectivity index (χ1) is 7.13. The number of rotatable bonds is 3. The Kier molecular flexibility index (Phi) is 3.41. The molecule has 0 saturated heterocycles. The van der Waals surface area contributed by atoms with Gasteiger partial charge in [-0.3, -0.25) is 9.59 Å². The maximum absolute atomic E-state index is 11.1. The number of para-hydroxylation sites is 1. The summed E-state index contributed by atoms with van der Waals surface area (Å²) in [5, 5.41) is 19.4. The highest BCUT2D eigenvalue weighted by Crippen LogP contribution is 2.13. The van der Waals surface area contributed by atoms with Crippen LogP contribution in [0.25, 0.3) is 0 Å². The Morgan fingerprint density at radius 1 is 1.40 bits per heavy atom. The minimum atomic E-state index is -1.21. The van der Waals surface area contributed by atoms with Gasteiger partial charge in [0.2, 0.25) is 5.91 Å². The van der Waals surface area contributed by atoms with E-state index in [4.69, 9.17) is 10.4 Å². The van der Waals surface area contributed by atoms with Gasteiger partial charge in [-0.2, -0.15) is 5.26 Å². The molecule has 0 fully saturated rings. The standard InChI is InChI=1S/C10H8N2O3/c11-6-7-3-1-2-4-8(7)12-9(13)5-10(14)15/h1-4H,5H2,(H,12,13)(H,14,15). The Bertz CT molecular complexity index is 435. The van der Waals surface area contributed by atoms with Crippen LogP contribution in [0.3, 0.4) is 0 Å². The number of carboxylic acid groups (broad SMARTS) is 1. The predicted octanol–water partition coefficient (Wildman–Crippen LogP) is 0.971. The van der Waals surface area contributed by atoms with Crippen LogP contribution in [0.2, 0.25) is 0 Å². The zero-order valence-electron chi connectivity index (χ0n) is 7.73. The highest BCUT2D eigenvalue weighted by molar-refractivity contribution is 6.01. The molecular formula is C10H8N2O3. The maximum atomic E-state index is 11.1. The molecule has 1 rings (SSSR count). The average Bonchev–Trinajstić information content (AvgIpc) is 2.17. The number of nitrogens with one attached hydrogen (secondary N) is 1. The fraction of sp³-hybridized carbons (Fsp3) is 0.100. The van der Waals surface area contributed by atoms with E-state index in [-0.39, 0.29) is 0 Å². The van der Waals surface area contributed by atoms with Gasteiger partial charge in [0.05, 0.1) is 11.3 Å². The molecule has 0 radical (unpaired) electrons. The number of amides is 1. The summed E-state index contributed by atoms with van der Waals surface area (Å²) in [5.41, 5.74) is 0.627. The number of anilines is 1. The number of benzene rings is 1. The third-order valence-electron chi connectivity index (χ3n) is 1.63. The highest BCUT2D eigenvalue weighted by atomic mass is 16.4. The van der Waals surface area contributed by atoms with Crippen molar-refractivity contribution in [1.29, 1.82) is 5.26 Å². The molecule has 1 amide bonds. The van der Waals surface area contributed by atoms with Crippen LogP contribution < -0.4 is 5.32 Å². The van der Waals surface area contributed by atoms with Crippen molar-refractivity contribution in [2.75, 3.05) is 5.32 Å². The van der Waals surface area contributed by atoms with Gasteiger partial charge in [-0.1, -0.05) is 12.1 Å². The lowest BCUT2D eigenvalue weighted by atomic mass is 10.2. The smallest absolute Gasteiger partial charge is 0.312 e. The van der Waals surface area contributed by atoms with Crippen LogP contribution in [0.1, 0.15) is 12.0 Å². The molecule has 0 aliphatic heterocycles. The van der Waals surface area contributed by atoms with E-state index in [0.29, 0.717) is 11.3 Å². The molecule has 0 spiro atoms. The first kappa shape index (κ1) is 10.7. The number of carboxylic acids is 1. The summed E-state index contributed by atoms with van der Waals surface area (Å²) >= 11 is 0. The van der Waals surface area contributed by atoms with Crippen LogP contribution in [0, 0.1) is 11.3 Å². The summed E-state index contributed by atoms with van der Waals surface area (Å²) in [6, 6.07) is 8.28. The molecule has 76 valence electrons. The van der Waals surface area contributed by atoms with Crippen molar-refractivity contribution >= 4 is 17.6 Å². The number of carbonyl (C=O) groups is 2.